The molecule has 0 unspecified atom stereocenters. The molecule has 1 heterocycles. The maximum Gasteiger partial charge on any atom is 0.226 e. The first-order valence-corrected chi connectivity index (χ1v) is 6.48. The SMILES string of the molecule is Cc1cc(C)c2c(c1)N(CCCN)CCC(=O)N2. The topological polar surface area (TPSA) is 58.4 Å². The summed E-state index contributed by atoms with van der Waals surface area (Å²) in [5.74, 6) is 0.0958. The predicted octanol–water partition coefficient (Wildman–Crippen LogP) is 1.80. The highest BCUT2D eigenvalue weighted by atomic mass is 16.1. The van der Waals surface area contributed by atoms with Crippen LogP contribution in [-0.4, -0.2) is 25.5 Å². The van der Waals surface area contributed by atoms with E-state index in [0.717, 1.165) is 36.4 Å². The summed E-state index contributed by atoms with van der Waals surface area (Å²) in [6.45, 7) is 6.47. The minimum Gasteiger partial charge on any atom is -0.369 e. The van der Waals surface area contributed by atoms with Crippen molar-refractivity contribution in [3.63, 3.8) is 0 Å². The Morgan fingerprint density at radius 3 is 2.89 bits per heavy atom. The van der Waals surface area contributed by atoms with Gasteiger partial charge < -0.3 is 16.0 Å². The van der Waals surface area contributed by atoms with Gasteiger partial charge in [0.2, 0.25) is 5.91 Å². The minimum atomic E-state index is 0.0958. The number of nitrogens with zero attached hydrogens (tertiary/aromatic N) is 1. The molecule has 0 aliphatic carbocycles. The number of nitrogens with one attached hydrogen (secondary N) is 1. The lowest BCUT2D eigenvalue weighted by atomic mass is 10.1. The fraction of sp³-hybridized carbons (Fsp3) is 0.500. The van der Waals surface area contributed by atoms with Gasteiger partial charge in [-0.15, -0.1) is 0 Å². The Balaban J connectivity index is 2.39. The summed E-state index contributed by atoms with van der Waals surface area (Å²) < 4.78 is 0. The second-order valence-corrected chi connectivity index (χ2v) is 4.90. The van der Waals surface area contributed by atoms with E-state index in [4.69, 9.17) is 5.73 Å². The molecule has 18 heavy (non-hydrogen) atoms. The third-order valence-corrected chi connectivity index (χ3v) is 3.31. The summed E-state index contributed by atoms with van der Waals surface area (Å²) in [5.41, 5.74) is 10.0. The van der Waals surface area contributed by atoms with E-state index in [9.17, 15) is 4.79 Å². The van der Waals surface area contributed by atoms with E-state index < -0.39 is 0 Å². The van der Waals surface area contributed by atoms with E-state index in [1.165, 1.54) is 5.56 Å². The minimum absolute atomic E-state index is 0.0958. The van der Waals surface area contributed by atoms with Gasteiger partial charge in [-0.3, -0.25) is 4.79 Å². The van der Waals surface area contributed by atoms with Gasteiger partial charge in [-0.25, -0.2) is 0 Å². The van der Waals surface area contributed by atoms with Crippen LogP contribution in [0.3, 0.4) is 0 Å². The van der Waals surface area contributed by atoms with Crippen molar-refractivity contribution < 1.29 is 4.79 Å². The Morgan fingerprint density at radius 2 is 2.17 bits per heavy atom. The van der Waals surface area contributed by atoms with Crippen molar-refractivity contribution >= 4 is 17.3 Å². The van der Waals surface area contributed by atoms with Crippen LogP contribution in [0.25, 0.3) is 0 Å². The van der Waals surface area contributed by atoms with E-state index >= 15 is 0 Å². The van der Waals surface area contributed by atoms with Crippen LogP contribution in [0.5, 0.6) is 0 Å². The molecular weight excluding hydrogens is 226 g/mol. The van der Waals surface area contributed by atoms with Crippen molar-refractivity contribution in [1.82, 2.24) is 0 Å². The first-order valence-electron chi connectivity index (χ1n) is 6.48. The van der Waals surface area contributed by atoms with Crippen LogP contribution in [0, 0.1) is 13.8 Å². The summed E-state index contributed by atoms with van der Waals surface area (Å²) in [7, 11) is 0. The van der Waals surface area contributed by atoms with Crippen LogP contribution >= 0.6 is 0 Å². The van der Waals surface area contributed by atoms with Crippen molar-refractivity contribution in [3.8, 4) is 0 Å². The third kappa shape index (κ3) is 2.64. The van der Waals surface area contributed by atoms with Crippen LogP contribution in [0.15, 0.2) is 12.1 Å². The van der Waals surface area contributed by atoms with Crippen molar-refractivity contribution in [2.75, 3.05) is 29.9 Å². The standard InChI is InChI=1S/C14H21N3O/c1-10-8-11(2)14-12(9-10)17(6-3-5-15)7-4-13(18)16-14/h8-9H,3-7,15H2,1-2H3,(H,16,18). The van der Waals surface area contributed by atoms with Crippen molar-refractivity contribution in [2.24, 2.45) is 5.73 Å². The van der Waals surface area contributed by atoms with Gasteiger partial charge in [0, 0.05) is 19.5 Å². The van der Waals surface area contributed by atoms with Gasteiger partial charge in [-0.05, 0) is 44.0 Å². The zero-order chi connectivity index (χ0) is 13.1. The van der Waals surface area contributed by atoms with Gasteiger partial charge in [0.25, 0.3) is 0 Å². The van der Waals surface area contributed by atoms with Crippen molar-refractivity contribution in [2.45, 2.75) is 26.7 Å². The Bertz CT molecular complexity index is 457. The average molecular weight is 247 g/mol. The Morgan fingerprint density at radius 1 is 1.39 bits per heavy atom. The highest BCUT2D eigenvalue weighted by molar-refractivity contribution is 5.97. The van der Waals surface area contributed by atoms with Crippen LogP contribution in [0.1, 0.15) is 24.0 Å². The lowest BCUT2D eigenvalue weighted by Gasteiger charge is -2.25. The molecule has 2 rings (SSSR count). The molecule has 0 saturated heterocycles. The third-order valence-electron chi connectivity index (χ3n) is 3.31. The first kappa shape index (κ1) is 12.9. The highest BCUT2D eigenvalue weighted by Gasteiger charge is 2.20. The molecule has 1 aliphatic rings. The first-order chi connectivity index (χ1) is 8.61. The maximum absolute atomic E-state index is 11.7. The number of anilines is 2. The molecule has 1 aliphatic heterocycles. The quantitative estimate of drug-likeness (QED) is 0.856. The largest absolute Gasteiger partial charge is 0.369 e. The van der Waals surface area contributed by atoms with Gasteiger partial charge in [0.15, 0.2) is 0 Å². The summed E-state index contributed by atoms with van der Waals surface area (Å²) in [6, 6.07) is 4.25. The van der Waals surface area contributed by atoms with Crippen LogP contribution in [0.4, 0.5) is 11.4 Å². The molecule has 0 bridgehead atoms. The molecule has 0 saturated carbocycles. The number of carbonyl (C=O) groups is 1. The fourth-order valence-electron chi connectivity index (χ4n) is 2.43. The molecule has 0 aromatic heterocycles. The predicted molar refractivity (Wildman–Crippen MR) is 75.0 cm³/mol. The molecule has 3 N–H and O–H groups in total. The van der Waals surface area contributed by atoms with E-state index in [-0.39, 0.29) is 5.91 Å². The summed E-state index contributed by atoms with van der Waals surface area (Å²) in [4.78, 5) is 14.0. The molecule has 1 amide bonds. The monoisotopic (exact) mass is 247 g/mol. The lowest BCUT2D eigenvalue weighted by molar-refractivity contribution is -0.115. The van der Waals surface area contributed by atoms with Crippen LogP contribution in [0.2, 0.25) is 0 Å². The molecule has 4 nitrogen and oxygen atoms in total. The summed E-state index contributed by atoms with van der Waals surface area (Å²) >= 11 is 0. The zero-order valence-corrected chi connectivity index (χ0v) is 11.1. The molecule has 4 heteroatoms. The van der Waals surface area contributed by atoms with Gasteiger partial charge in [-0.1, -0.05) is 6.07 Å². The lowest BCUT2D eigenvalue weighted by Crippen LogP contribution is -2.27. The smallest absolute Gasteiger partial charge is 0.226 e. The van der Waals surface area contributed by atoms with E-state index in [1.54, 1.807) is 0 Å². The molecule has 0 atom stereocenters. The Hall–Kier alpha value is -1.55. The maximum atomic E-state index is 11.7. The number of hydrogen-bond donors (Lipinski definition) is 2. The van der Waals surface area contributed by atoms with Gasteiger partial charge in [0.05, 0.1) is 11.4 Å². The summed E-state index contributed by atoms with van der Waals surface area (Å²) in [5, 5.41) is 3.01. The molecule has 98 valence electrons. The number of aryl methyl sites for hydroxylation is 2. The summed E-state index contributed by atoms with van der Waals surface area (Å²) in [6.07, 6.45) is 1.48. The number of fused-ring (bicyclic) bond motifs is 1. The molecule has 0 fully saturated rings. The molecule has 1 aromatic rings. The van der Waals surface area contributed by atoms with E-state index in [1.807, 2.05) is 6.92 Å². The van der Waals surface area contributed by atoms with Crippen molar-refractivity contribution in [3.05, 3.63) is 23.3 Å². The normalized spacial score (nSPS) is 15.1. The Labute approximate surface area is 108 Å². The highest BCUT2D eigenvalue weighted by Crippen LogP contribution is 2.33. The number of hydrogen-bond acceptors (Lipinski definition) is 3. The fourth-order valence-corrected chi connectivity index (χ4v) is 2.43. The second kappa shape index (κ2) is 5.40. The van der Waals surface area contributed by atoms with Gasteiger partial charge >= 0.3 is 0 Å². The molecular formula is C14H21N3O. The van der Waals surface area contributed by atoms with Crippen LogP contribution < -0.4 is 16.0 Å². The van der Waals surface area contributed by atoms with E-state index in [2.05, 4.69) is 29.3 Å². The van der Waals surface area contributed by atoms with E-state index in [0.29, 0.717) is 13.0 Å². The molecule has 1 aromatic carbocycles. The number of nitrogens with two attached hydrogens (primary N) is 1. The van der Waals surface area contributed by atoms with Crippen molar-refractivity contribution in [1.29, 1.82) is 0 Å². The average Bonchev–Trinajstić information content (AvgIpc) is 2.47. The zero-order valence-electron chi connectivity index (χ0n) is 11.1. The van der Waals surface area contributed by atoms with Gasteiger partial charge in [-0.2, -0.15) is 0 Å². The molecule has 0 radical (unpaired) electrons. The number of amides is 1. The van der Waals surface area contributed by atoms with Crippen LogP contribution in [-0.2, 0) is 4.79 Å². The van der Waals surface area contributed by atoms with Gasteiger partial charge in [0.1, 0.15) is 0 Å². The number of benzene rings is 1. The number of carbonyl (C=O) groups excluding carboxylic acids is 1. The molecule has 0 spiro atoms. The second-order valence-electron chi connectivity index (χ2n) is 4.90. The Kier molecular flexibility index (Phi) is 3.87. The number of rotatable bonds is 3.